The van der Waals surface area contributed by atoms with Crippen molar-refractivity contribution in [2.45, 2.75) is 32.0 Å². The van der Waals surface area contributed by atoms with Gasteiger partial charge in [-0.25, -0.2) is 9.49 Å². The van der Waals surface area contributed by atoms with Crippen molar-refractivity contribution in [3.05, 3.63) is 75.5 Å². The number of likely N-dealkylation sites (tertiary alicyclic amines) is 1. The van der Waals surface area contributed by atoms with Crippen molar-refractivity contribution < 1.29 is 13.9 Å². The molecular weight excluding hydrogens is 399 g/mol. The highest BCUT2D eigenvalue weighted by atomic mass is 19.1. The lowest BCUT2D eigenvalue weighted by Gasteiger charge is -2.41. The fourth-order valence-electron chi connectivity index (χ4n) is 3.88. The summed E-state index contributed by atoms with van der Waals surface area (Å²) in [7, 11) is 1.64. The number of fused-ring (bicyclic) bond motifs is 1. The molecule has 162 valence electrons. The van der Waals surface area contributed by atoms with Crippen molar-refractivity contribution in [2.75, 3.05) is 20.2 Å². The van der Waals surface area contributed by atoms with Gasteiger partial charge in [0.1, 0.15) is 12.0 Å². The van der Waals surface area contributed by atoms with Crippen LogP contribution in [0.1, 0.15) is 35.0 Å². The second-order valence-corrected chi connectivity index (χ2v) is 7.74. The third-order valence-electron chi connectivity index (χ3n) is 5.65. The van der Waals surface area contributed by atoms with E-state index in [0.29, 0.717) is 30.6 Å². The smallest absolute Gasteiger partial charge is 0.272 e. The number of amides is 1. The maximum Gasteiger partial charge on any atom is 0.272 e. The van der Waals surface area contributed by atoms with E-state index in [2.05, 4.69) is 15.5 Å². The minimum absolute atomic E-state index is 0.0449. The number of carbonyl (C=O) groups is 1. The number of halogens is 1. The average Bonchev–Trinajstić information content (AvgIpc) is 2.76. The van der Waals surface area contributed by atoms with Crippen molar-refractivity contribution in [2.24, 2.45) is 0 Å². The Bertz CT molecular complexity index is 1150. The second kappa shape index (κ2) is 8.95. The molecule has 2 heterocycles. The first-order valence-corrected chi connectivity index (χ1v) is 10.3. The summed E-state index contributed by atoms with van der Waals surface area (Å²) in [4.78, 5) is 26.5. The molecule has 1 aromatic heterocycles. The van der Waals surface area contributed by atoms with Crippen molar-refractivity contribution in [3.63, 3.8) is 0 Å². The zero-order chi connectivity index (χ0) is 22.0. The molecule has 3 aromatic rings. The van der Waals surface area contributed by atoms with Crippen LogP contribution in [0.4, 0.5) is 4.39 Å². The molecule has 0 radical (unpaired) electrons. The highest BCUT2D eigenvalue weighted by Crippen LogP contribution is 2.21. The number of methoxy groups -OCH3 is 1. The number of rotatable bonds is 7. The maximum absolute atomic E-state index is 14.5. The molecular formula is C23H25FN4O3. The minimum Gasteiger partial charge on any atom is -0.367 e. The first-order valence-electron chi connectivity index (χ1n) is 10.3. The molecule has 1 fully saturated rings. The lowest BCUT2D eigenvalue weighted by Crippen LogP contribution is -2.62. The number of aromatic amines is 1. The van der Waals surface area contributed by atoms with E-state index in [1.165, 1.54) is 6.07 Å². The van der Waals surface area contributed by atoms with Crippen LogP contribution in [0, 0.1) is 5.82 Å². The van der Waals surface area contributed by atoms with E-state index in [0.717, 1.165) is 17.4 Å². The van der Waals surface area contributed by atoms with Gasteiger partial charge < -0.3 is 9.64 Å². The van der Waals surface area contributed by atoms with Gasteiger partial charge in [-0.3, -0.25) is 14.9 Å². The van der Waals surface area contributed by atoms with Crippen LogP contribution in [0.5, 0.6) is 0 Å². The zero-order valence-corrected chi connectivity index (χ0v) is 17.5. The number of hydrogen-bond acceptors (Lipinski definition) is 5. The summed E-state index contributed by atoms with van der Waals surface area (Å²) < 4.78 is 19.8. The summed E-state index contributed by atoms with van der Waals surface area (Å²) in [6.07, 6.45) is 1.14. The van der Waals surface area contributed by atoms with E-state index in [4.69, 9.17) is 4.74 Å². The fourth-order valence-corrected chi connectivity index (χ4v) is 3.88. The van der Waals surface area contributed by atoms with Crippen LogP contribution in [0.15, 0.2) is 47.3 Å². The first-order chi connectivity index (χ1) is 15.0. The zero-order valence-electron chi connectivity index (χ0n) is 17.5. The SMILES string of the molecule is CCC(NC1CN(C(=O)c2cc(Cc3n[nH]c(=O)c4ccccc34)ccc2F)C1)OC. The molecule has 1 amide bonds. The largest absolute Gasteiger partial charge is 0.367 e. The second-order valence-electron chi connectivity index (χ2n) is 7.74. The quantitative estimate of drug-likeness (QED) is 0.569. The maximum atomic E-state index is 14.5. The van der Waals surface area contributed by atoms with Crippen LogP contribution < -0.4 is 10.9 Å². The van der Waals surface area contributed by atoms with Crippen LogP contribution in [-0.4, -0.2) is 53.5 Å². The van der Waals surface area contributed by atoms with E-state index < -0.39 is 5.82 Å². The lowest BCUT2D eigenvalue weighted by atomic mass is 10.0. The predicted molar refractivity (Wildman–Crippen MR) is 115 cm³/mol. The number of ether oxygens (including phenoxy) is 1. The van der Waals surface area contributed by atoms with Gasteiger partial charge in [0.25, 0.3) is 11.5 Å². The number of nitrogens with zero attached hydrogens (tertiary/aromatic N) is 2. The van der Waals surface area contributed by atoms with Crippen LogP contribution in [-0.2, 0) is 11.2 Å². The number of carbonyl (C=O) groups excluding carboxylic acids is 1. The summed E-state index contributed by atoms with van der Waals surface area (Å²) in [5, 5.41) is 11.3. The van der Waals surface area contributed by atoms with Crippen molar-refractivity contribution >= 4 is 16.7 Å². The molecule has 1 saturated heterocycles. The minimum atomic E-state index is -0.548. The van der Waals surface area contributed by atoms with E-state index in [1.807, 2.05) is 19.1 Å². The van der Waals surface area contributed by atoms with Crippen LogP contribution in [0.25, 0.3) is 10.8 Å². The molecule has 4 rings (SSSR count). The van der Waals surface area contributed by atoms with Gasteiger partial charge in [-0.15, -0.1) is 0 Å². The summed E-state index contributed by atoms with van der Waals surface area (Å²) in [5.41, 5.74) is 1.20. The Morgan fingerprint density at radius 3 is 2.74 bits per heavy atom. The van der Waals surface area contributed by atoms with Crippen molar-refractivity contribution in [1.82, 2.24) is 20.4 Å². The molecule has 1 unspecified atom stereocenters. The molecule has 0 spiro atoms. The van der Waals surface area contributed by atoms with Gasteiger partial charge in [-0.05, 0) is 30.2 Å². The first kappa shape index (κ1) is 21.1. The normalized spacial score (nSPS) is 15.1. The topological polar surface area (TPSA) is 87.3 Å². The van der Waals surface area contributed by atoms with Crippen molar-refractivity contribution in [3.8, 4) is 0 Å². The Morgan fingerprint density at radius 2 is 2.03 bits per heavy atom. The van der Waals surface area contributed by atoms with E-state index in [1.54, 1.807) is 36.3 Å². The summed E-state index contributed by atoms with van der Waals surface area (Å²) in [5.74, 6) is -0.880. The van der Waals surface area contributed by atoms with Gasteiger partial charge >= 0.3 is 0 Å². The van der Waals surface area contributed by atoms with Crippen LogP contribution in [0.3, 0.4) is 0 Å². The molecule has 0 bridgehead atoms. The van der Waals surface area contributed by atoms with Gasteiger partial charge in [-0.1, -0.05) is 31.2 Å². The third-order valence-corrected chi connectivity index (χ3v) is 5.65. The number of H-pyrrole nitrogens is 1. The van der Waals surface area contributed by atoms with Gasteiger partial charge in [0.15, 0.2) is 0 Å². The number of aromatic nitrogens is 2. The standard InChI is InChI=1S/C23H25FN4O3/c1-3-21(31-2)25-15-12-28(13-15)23(30)18-10-14(8-9-19(18)24)11-20-16-6-4-5-7-17(16)22(29)27-26-20/h4-10,15,21,25H,3,11-13H2,1-2H3,(H,27,29). The summed E-state index contributed by atoms with van der Waals surface area (Å²) in [6, 6.07) is 11.9. The Labute approximate surface area is 179 Å². The van der Waals surface area contributed by atoms with Gasteiger partial charge in [-0.2, -0.15) is 5.10 Å². The molecule has 0 aliphatic carbocycles. The molecule has 7 nitrogen and oxygen atoms in total. The number of hydrogen-bond donors (Lipinski definition) is 2. The van der Waals surface area contributed by atoms with Crippen LogP contribution >= 0.6 is 0 Å². The van der Waals surface area contributed by atoms with Crippen LogP contribution in [0.2, 0.25) is 0 Å². The predicted octanol–water partition coefficient (Wildman–Crippen LogP) is 2.45. The van der Waals surface area contributed by atoms with Gasteiger partial charge in [0.05, 0.1) is 16.6 Å². The third kappa shape index (κ3) is 4.35. The highest BCUT2D eigenvalue weighted by molar-refractivity contribution is 5.95. The monoisotopic (exact) mass is 424 g/mol. The number of benzene rings is 2. The molecule has 2 N–H and O–H groups in total. The molecule has 1 atom stereocenters. The molecule has 0 saturated carbocycles. The molecule has 8 heteroatoms. The van der Waals surface area contributed by atoms with Crippen molar-refractivity contribution in [1.29, 1.82) is 0 Å². The average molecular weight is 424 g/mol. The van der Waals surface area contributed by atoms with E-state index >= 15 is 0 Å². The Kier molecular flexibility index (Phi) is 6.11. The highest BCUT2D eigenvalue weighted by Gasteiger charge is 2.33. The van der Waals surface area contributed by atoms with Gasteiger partial charge in [0.2, 0.25) is 0 Å². The molecule has 1 aliphatic rings. The Hall–Kier alpha value is -3.10. The molecule has 31 heavy (non-hydrogen) atoms. The summed E-state index contributed by atoms with van der Waals surface area (Å²) in [6.45, 7) is 3.03. The van der Waals surface area contributed by atoms with Gasteiger partial charge in [0, 0.05) is 38.0 Å². The van der Waals surface area contributed by atoms with E-state index in [-0.39, 0.29) is 29.3 Å². The fraction of sp³-hybridized carbons (Fsp3) is 0.348. The summed E-state index contributed by atoms with van der Waals surface area (Å²) >= 11 is 0. The Morgan fingerprint density at radius 1 is 1.29 bits per heavy atom. The Balaban J connectivity index is 1.50. The van der Waals surface area contributed by atoms with E-state index in [9.17, 15) is 14.0 Å². The molecule has 1 aliphatic heterocycles. The number of nitrogens with one attached hydrogen (secondary N) is 2. The lowest BCUT2D eigenvalue weighted by molar-refractivity contribution is 0.0217. The molecule has 2 aromatic carbocycles.